The highest BCUT2D eigenvalue weighted by Gasteiger charge is 2.16. The third-order valence-electron chi connectivity index (χ3n) is 4.38. The largest absolute Gasteiger partial charge is 0.494 e. The number of hydrogen-bond donors (Lipinski definition) is 1. The quantitative estimate of drug-likeness (QED) is 0.598. The lowest BCUT2D eigenvalue weighted by Crippen LogP contribution is -2.26. The zero-order valence-corrected chi connectivity index (χ0v) is 16.1. The zero-order valence-electron chi connectivity index (χ0n) is 16.1. The van der Waals surface area contributed by atoms with Gasteiger partial charge in [-0.05, 0) is 61.7 Å². The monoisotopic (exact) mass is 381 g/mol. The van der Waals surface area contributed by atoms with Gasteiger partial charge in [-0.15, -0.1) is 0 Å². The first-order valence-electron chi connectivity index (χ1n) is 9.39. The van der Waals surface area contributed by atoms with E-state index in [2.05, 4.69) is 10.4 Å². The average molecular weight is 381 g/mol. The fraction of sp³-hybridized carbons (Fsp3) is 0.273. The number of nitrogens with zero attached hydrogens (tertiary/aromatic N) is 2. The molecule has 146 valence electrons. The van der Waals surface area contributed by atoms with Crippen LogP contribution in [0.1, 0.15) is 35.0 Å². The highest BCUT2D eigenvalue weighted by Crippen LogP contribution is 2.16. The van der Waals surface area contributed by atoms with Crippen molar-refractivity contribution in [2.45, 2.75) is 26.7 Å². The molecule has 0 aliphatic heterocycles. The van der Waals surface area contributed by atoms with Gasteiger partial charge < -0.3 is 10.1 Å². The van der Waals surface area contributed by atoms with Crippen molar-refractivity contribution < 1.29 is 13.9 Å². The molecule has 0 aliphatic carbocycles. The summed E-state index contributed by atoms with van der Waals surface area (Å²) < 4.78 is 20.5. The van der Waals surface area contributed by atoms with E-state index in [1.165, 1.54) is 12.1 Å². The Balaban J connectivity index is 1.55. The number of carbonyl (C=O) groups excluding carboxylic acids is 1. The van der Waals surface area contributed by atoms with Crippen LogP contribution >= 0.6 is 0 Å². The molecule has 1 amide bonds. The SMILES string of the molecule is CCc1c(C(=O)NCCCOc2cccc(C)c2)cnn1-c1ccc(F)cc1. The smallest absolute Gasteiger partial charge is 0.254 e. The predicted molar refractivity (Wildman–Crippen MR) is 107 cm³/mol. The third kappa shape index (κ3) is 4.76. The lowest BCUT2D eigenvalue weighted by atomic mass is 10.2. The van der Waals surface area contributed by atoms with E-state index in [9.17, 15) is 9.18 Å². The molecule has 0 saturated carbocycles. The molecule has 0 spiro atoms. The van der Waals surface area contributed by atoms with Gasteiger partial charge >= 0.3 is 0 Å². The Morgan fingerprint density at radius 2 is 2.00 bits per heavy atom. The number of amides is 1. The minimum atomic E-state index is -0.306. The van der Waals surface area contributed by atoms with Crippen LogP contribution in [0.15, 0.2) is 54.7 Å². The normalized spacial score (nSPS) is 10.7. The molecule has 0 radical (unpaired) electrons. The van der Waals surface area contributed by atoms with Crippen molar-refractivity contribution in [2.75, 3.05) is 13.2 Å². The second-order valence-electron chi connectivity index (χ2n) is 6.52. The van der Waals surface area contributed by atoms with E-state index >= 15 is 0 Å². The fourth-order valence-electron chi connectivity index (χ4n) is 2.97. The van der Waals surface area contributed by atoms with Crippen molar-refractivity contribution in [1.29, 1.82) is 0 Å². The molecule has 0 aliphatic rings. The Morgan fingerprint density at radius 3 is 2.71 bits per heavy atom. The number of ether oxygens (including phenoxy) is 1. The Labute approximate surface area is 164 Å². The molecule has 28 heavy (non-hydrogen) atoms. The number of benzene rings is 2. The molecule has 6 heteroatoms. The summed E-state index contributed by atoms with van der Waals surface area (Å²) in [6, 6.07) is 13.9. The van der Waals surface area contributed by atoms with Crippen LogP contribution in [0.4, 0.5) is 4.39 Å². The summed E-state index contributed by atoms with van der Waals surface area (Å²) in [7, 11) is 0. The molecule has 5 nitrogen and oxygen atoms in total. The Morgan fingerprint density at radius 1 is 1.21 bits per heavy atom. The molecule has 3 aromatic rings. The van der Waals surface area contributed by atoms with Gasteiger partial charge in [-0.1, -0.05) is 19.1 Å². The molecular formula is C22H24FN3O2. The molecule has 2 aromatic carbocycles. The van der Waals surface area contributed by atoms with Crippen molar-refractivity contribution in [3.8, 4) is 11.4 Å². The first kappa shape index (κ1) is 19.6. The number of nitrogens with one attached hydrogen (secondary N) is 1. The summed E-state index contributed by atoms with van der Waals surface area (Å²) in [4.78, 5) is 12.5. The van der Waals surface area contributed by atoms with Crippen LogP contribution in [-0.2, 0) is 6.42 Å². The van der Waals surface area contributed by atoms with E-state index in [1.807, 2.05) is 38.1 Å². The van der Waals surface area contributed by atoms with Gasteiger partial charge in [-0.25, -0.2) is 9.07 Å². The molecule has 0 atom stereocenters. The standard InChI is InChI=1S/C22H24FN3O2/c1-3-21-20(15-25-26(21)18-10-8-17(23)9-11-18)22(27)24-12-5-13-28-19-7-4-6-16(2)14-19/h4,6-11,14-15H,3,5,12-13H2,1-2H3,(H,24,27). The summed E-state index contributed by atoms with van der Waals surface area (Å²) in [5.41, 5.74) is 3.20. The van der Waals surface area contributed by atoms with E-state index in [0.29, 0.717) is 31.6 Å². The van der Waals surface area contributed by atoms with Gasteiger partial charge in [0.1, 0.15) is 11.6 Å². The van der Waals surface area contributed by atoms with E-state index in [1.54, 1.807) is 23.0 Å². The summed E-state index contributed by atoms with van der Waals surface area (Å²) in [5.74, 6) is 0.362. The first-order valence-corrected chi connectivity index (χ1v) is 9.39. The maximum atomic E-state index is 13.1. The number of carbonyl (C=O) groups is 1. The van der Waals surface area contributed by atoms with Crippen LogP contribution in [0.5, 0.6) is 5.75 Å². The maximum absolute atomic E-state index is 13.1. The number of aromatic nitrogens is 2. The van der Waals surface area contributed by atoms with Gasteiger partial charge in [0, 0.05) is 6.54 Å². The fourth-order valence-corrected chi connectivity index (χ4v) is 2.97. The van der Waals surface area contributed by atoms with Gasteiger partial charge in [0.15, 0.2) is 0 Å². The van der Waals surface area contributed by atoms with Gasteiger partial charge in [0.25, 0.3) is 5.91 Å². The summed E-state index contributed by atoms with van der Waals surface area (Å²) in [6.07, 6.45) is 2.89. The Hall–Kier alpha value is -3.15. The van der Waals surface area contributed by atoms with Crippen LogP contribution in [0.25, 0.3) is 5.69 Å². The van der Waals surface area contributed by atoms with Gasteiger partial charge in [0.05, 0.1) is 29.7 Å². The molecule has 0 fully saturated rings. The molecule has 1 aromatic heterocycles. The van der Waals surface area contributed by atoms with Crippen molar-refractivity contribution in [1.82, 2.24) is 15.1 Å². The molecule has 0 saturated heterocycles. The van der Waals surface area contributed by atoms with E-state index in [0.717, 1.165) is 22.7 Å². The summed E-state index contributed by atoms with van der Waals surface area (Å²) in [6.45, 7) is 5.02. The number of aryl methyl sites for hydroxylation is 1. The number of rotatable bonds is 8. The van der Waals surface area contributed by atoms with Crippen LogP contribution in [0, 0.1) is 12.7 Å². The first-order chi connectivity index (χ1) is 13.6. The number of halogens is 1. The van der Waals surface area contributed by atoms with Crippen molar-refractivity contribution in [3.63, 3.8) is 0 Å². The minimum absolute atomic E-state index is 0.166. The maximum Gasteiger partial charge on any atom is 0.254 e. The van der Waals surface area contributed by atoms with E-state index in [4.69, 9.17) is 4.74 Å². The Kier molecular flexibility index (Phi) is 6.42. The van der Waals surface area contributed by atoms with Gasteiger partial charge in [0.2, 0.25) is 0 Å². The van der Waals surface area contributed by atoms with Crippen LogP contribution < -0.4 is 10.1 Å². The van der Waals surface area contributed by atoms with Crippen LogP contribution in [0.2, 0.25) is 0 Å². The minimum Gasteiger partial charge on any atom is -0.494 e. The highest BCUT2D eigenvalue weighted by atomic mass is 19.1. The lowest BCUT2D eigenvalue weighted by molar-refractivity contribution is 0.0950. The third-order valence-corrected chi connectivity index (χ3v) is 4.38. The van der Waals surface area contributed by atoms with Crippen molar-refractivity contribution >= 4 is 5.91 Å². The molecule has 3 rings (SSSR count). The van der Waals surface area contributed by atoms with Crippen molar-refractivity contribution in [3.05, 3.63) is 77.4 Å². The van der Waals surface area contributed by atoms with Crippen molar-refractivity contribution in [2.24, 2.45) is 0 Å². The Bertz CT molecular complexity index is 935. The van der Waals surface area contributed by atoms with Gasteiger partial charge in [-0.2, -0.15) is 5.10 Å². The average Bonchev–Trinajstić information content (AvgIpc) is 3.12. The molecule has 1 heterocycles. The van der Waals surface area contributed by atoms with Gasteiger partial charge in [-0.3, -0.25) is 4.79 Å². The highest BCUT2D eigenvalue weighted by molar-refractivity contribution is 5.95. The van der Waals surface area contributed by atoms with E-state index in [-0.39, 0.29) is 11.7 Å². The van der Waals surface area contributed by atoms with Crippen LogP contribution in [0.3, 0.4) is 0 Å². The van der Waals surface area contributed by atoms with E-state index < -0.39 is 0 Å². The number of hydrogen-bond acceptors (Lipinski definition) is 3. The molecular weight excluding hydrogens is 357 g/mol. The predicted octanol–water partition coefficient (Wildman–Crippen LogP) is 4.08. The summed E-state index contributed by atoms with van der Waals surface area (Å²) in [5, 5.41) is 7.22. The zero-order chi connectivity index (χ0) is 19.9. The summed E-state index contributed by atoms with van der Waals surface area (Å²) >= 11 is 0. The molecule has 0 bridgehead atoms. The topological polar surface area (TPSA) is 56.1 Å². The second-order valence-corrected chi connectivity index (χ2v) is 6.52. The lowest BCUT2D eigenvalue weighted by Gasteiger charge is -2.09. The molecule has 1 N–H and O–H groups in total. The second kappa shape index (κ2) is 9.17. The van der Waals surface area contributed by atoms with Crippen LogP contribution in [-0.4, -0.2) is 28.8 Å². The molecule has 0 unspecified atom stereocenters.